The Morgan fingerprint density at radius 3 is 2.73 bits per heavy atom. The standard InChI is InChI=1S/C19H26N4O3/c1-14-7-5-8-17(11-14)26-13-15(2)21-18(24)12-22(4)19(25)16(3)23-10-6-9-20-23/h5-11,15-16H,12-13H2,1-4H3,(H,21,24). The molecule has 0 spiro atoms. The van der Waals surface area contributed by atoms with Crippen molar-refractivity contribution < 1.29 is 14.3 Å². The van der Waals surface area contributed by atoms with Crippen molar-refractivity contribution in [2.24, 2.45) is 0 Å². The minimum Gasteiger partial charge on any atom is -0.491 e. The van der Waals surface area contributed by atoms with Gasteiger partial charge in [0.25, 0.3) is 0 Å². The molecule has 1 N–H and O–H groups in total. The fourth-order valence-corrected chi connectivity index (χ4v) is 2.52. The van der Waals surface area contributed by atoms with Crippen LogP contribution >= 0.6 is 0 Å². The van der Waals surface area contributed by atoms with E-state index in [4.69, 9.17) is 4.74 Å². The summed E-state index contributed by atoms with van der Waals surface area (Å²) in [7, 11) is 1.61. The molecule has 140 valence electrons. The molecule has 0 saturated carbocycles. The molecule has 2 aromatic rings. The maximum Gasteiger partial charge on any atom is 0.247 e. The minimum absolute atomic E-state index is 0.0147. The van der Waals surface area contributed by atoms with Gasteiger partial charge in [0.1, 0.15) is 18.4 Å². The molecule has 1 heterocycles. The van der Waals surface area contributed by atoms with Crippen molar-refractivity contribution in [3.63, 3.8) is 0 Å². The number of ether oxygens (including phenoxy) is 1. The number of nitrogens with one attached hydrogen (secondary N) is 1. The summed E-state index contributed by atoms with van der Waals surface area (Å²) in [5.41, 5.74) is 1.12. The van der Waals surface area contributed by atoms with Crippen molar-refractivity contribution in [1.82, 2.24) is 20.0 Å². The van der Waals surface area contributed by atoms with Gasteiger partial charge < -0.3 is 15.0 Å². The average Bonchev–Trinajstić information content (AvgIpc) is 3.13. The smallest absolute Gasteiger partial charge is 0.247 e. The molecule has 2 atom stereocenters. The van der Waals surface area contributed by atoms with E-state index in [1.54, 1.807) is 37.1 Å². The van der Waals surface area contributed by atoms with E-state index in [9.17, 15) is 9.59 Å². The van der Waals surface area contributed by atoms with Crippen molar-refractivity contribution in [1.29, 1.82) is 0 Å². The maximum atomic E-state index is 12.4. The zero-order valence-corrected chi connectivity index (χ0v) is 15.7. The van der Waals surface area contributed by atoms with Gasteiger partial charge in [0.2, 0.25) is 11.8 Å². The highest BCUT2D eigenvalue weighted by molar-refractivity contribution is 5.86. The number of aryl methyl sites for hydroxylation is 1. The molecular weight excluding hydrogens is 332 g/mol. The van der Waals surface area contributed by atoms with Crippen LogP contribution in [0.15, 0.2) is 42.7 Å². The summed E-state index contributed by atoms with van der Waals surface area (Å²) in [5, 5.41) is 6.90. The Balaban J connectivity index is 1.77. The molecule has 2 unspecified atom stereocenters. The third kappa shape index (κ3) is 5.61. The minimum atomic E-state index is -0.454. The van der Waals surface area contributed by atoms with Gasteiger partial charge in [-0.05, 0) is 44.5 Å². The second-order valence-electron chi connectivity index (χ2n) is 6.45. The largest absolute Gasteiger partial charge is 0.491 e. The van der Waals surface area contributed by atoms with Crippen LogP contribution in [0.2, 0.25) is 0 Å². The summed E-state index contributed by atoms with van der Waals surface area (Å²) in [5.74, 6) is 0.368. The van der Waals surface area contributed by atoms with Crippen LogP contribution in [0.1, 0.15) is 25.5 Å². The van der Waals surface area contributed by atoms with Crippen LogP contribution in [0.25, 0.3) is 0 Å². The fourth-order valence-electron chi connectivity index (χ4n) is 2.52. The van der Waals surface area contributed by atoms with E-state index in [0.29, 0.717) is 6.61 Å². The van der Waals surface area contributed by atoms with Crippen molar-refractivity contribution in [2.45, 2.75) is 32.9 Å². The van der Waals surface area contributed by atoms with Crippen LogP contribution in [0, 0.1) is 6.92 Å². The zero-order chi connectivity index (χ0) is 19.1. The molecule has 1 aromatic carbocycles. The molecule has 0 aliphatic heterocycles. The molecule has 1 aromatic heterocycles. The topological polar surface area (TPSA) is 76.5 Å². The van der Waals surface area contributed by atoms with Gasteiger partial charge in [-0.2, -0.15) is 5.10 Å². The molecule has 26 heavy (non-hydrogen) atoms. The molecule has 2 amide bonds. The quantitative estimate of drug-likeness (QED) is 0.781. The first kappa shape index (κ1) is 19.5. The Morgan fingerprint density at radius 2 is 2.08 bits per heavy atom. The lowest BCUT2D eigenvalue weighted by Crippen LogP contribution is -2.45. The van der Waals surface area contributed by atoms with Gasteiger partial charge >= 0.3 is 0 Å². The average molecular weight is 358 g/mol. The lowest BCUT2D eigenvalue weighted by Gasteiger charge is -2.22. The van der Waals surface area contributed by atoms with Crippen LogP contribution in [0.4, 0.5) is 0 Å². The third-order valence-corrected chi connectivity index (χ3v) is 3.93. The van der Waals surface area contributed by atoms with E-state index in [-0.39, 0.29) is 24.4 Å². The van der Waals surface area contributed by atoms with Gasteiger partial charge in [0.15, 0.2) is 0 Å². The van der Waals surface area contributed by atoms with Gasteiger partial charge in [0, 0.05) is 19.4 Å². The summed E-state index contributed by atoms with van der Waals surface area (Å²) >= 11 is 0. The maximum absolute atomic E-state index is 12.4. The van der Waals surface area contributed by atoms with E-state index in [1.165, 1.54) is 4.90 Å². The number of carbonyl (C=O) groups is 2. The van der Waals surface area contributed by atoms with Crippen LogP contribution in [-0.2, 0) is 9.59 Å². The lowest BCUT2D eigenvalue weighted by atomic mass is 10.2. The second kappa shape index (κ2) is 9.03. The van der Waals surface area contributed by atoms with Crippen molar-refractivity contribution in [3.05, 3.63) is 48.3 Å². The van der Waals surface area contributed by atoms with Crippen LogP contribution in [-0.4, -0.2) is 52.7 Å². The number of likely N-dealkylation sites (N-methyl/N-ethyl adjacent to an activating group) is 1. The highest BCUT2D eigenvalue weighted by atomic mass is 16.5. The number of hydrogen-bond donors (Lipinski definition) is 1. The number of amides is 2. The number of benzene rings is 1. The molecule has 7 nitrogen and oxygen atoms in total. The second-order valence-corrected chi connectivity index (χ2v) is 6.45. The van der Waals surface area contributed by atoms with Gasteiger partial charge in [-0.1, -0.05) is 12.1 Å². The number of carbonyl (C=O) groups excluding carboxylic acids is 2. The van der Waals surface area contributed by atoms with Crippen molar-refractivity contribution in [2.75, 3.05) is 20.2 Å². The molecule has 2 rings (SSSR count). The molecule has 0 fully saturated rings. The molecular formula is C19H26N4O3. The predicted molar refractivity (Wildman–Crippen MR) is 98.9 cm³/mol. The predicted octanol–water partition coefficient (Wildman–Crippen LogP) is 1.79. The molecule has 0 aliphatic carbocycles. The summed E-state index contributed by atoms with van der Waals surface area (Å²) < 4.78 is 7.25. The number of rotatable bonds is 8. The Labute approximate surface area is 153 Å². The van der Waals surface area contributed by atoms with Gasteiger partial charge in [0.05, 0.1) is 12.6 Å². The molecule has 0 radical (unpaired) electrons. The highest BCUT2D eigenvalue weighted by Crippen LogP contribution is 2.12. The Kier molecular flexibility index (Phi) is 6.77. The molecule has 0 bridgehead atoms. The van der Waals surface area contributed by atoms with E-state index in [1.807, 2.05) is 38.1 Å². The van der Waals surface area contributed by atoms with Gasteiger partial charge in [-0.25, -0.2) is 0 Å². The highest BCUT2D eigenvalue weighted by Gasteiger charge is 2.21. The Bertz CT molecular complexity index is 730. The fraction of sp³-hybridized carbons (Fsp3) is 0.421. The van der Waals surface area contributed by atoms with Gasteiger partial charge in [-0.15, -0.1) is 0 Å². The summed E-state index contributed by atoms with van der Waals surface area (Å²) in [6, 6.07) is 8.87. The number of hydrogen-bond acceptors (Lipinski definition) is 4. The van der Waals surface area contributed by atoms with Crippen molar-refractivity contribution >= 4 is 11.8 Å². The first-order valence-corrected chi connectivity index (χ1v) is 8.59. The molecule has 0 saturated heterocycles. The lowest BCUT2D eigenvalue weighted by molar-refractivity contribution is -0.137. The number of aromatic nitrogens is 2. The third-order valence-electron chi connectivity index (χ3n) is 3.93. The van der Waals surface area contributed by atoms with Crippen LogP contribution in [0.3, 0.4) is 0 Å². The van der Waals surface area contributed by atoms with E-state index < -0.39 is 6.04 Å². The zero-order valence-electron chi connectivity index (χ0n) is 15.7. The molecule has 0 aliphatic rings. The Morgan fingerprint density at radius 1 is 1.31 bits per heavy atom. The summed E-state index contributed by atoms with van der Waals surface area (Å²) in [4.78, 5) is 25.9. The molecule has 7 heteroatoms. The Hall–Kier alpha value is -2.83. The van der Waals surface area contributed by atoms with E-state index in [0.717, 1.165) is 11.3 Å². The van der Waals surface area contributed by atoms with Gasteiger partial charge in [-0.3, -0.25) is 14.3 Å². The van der Waals surface area contributed by atoms with Crippen molar-refractivity contribution in [3.8, 4) is 5.75 Å². The SMILES string of the molecule is Cc1cccc(OCC(C)NC(=O)CN(C)C(=O)C(C)n2cccn2)c1. The van der Waals surface area contributed by atoms with E-state index in [2.05, 4.69) is 10.4 Å². The normalized spacial score (nSPS) is 12.9. The monoisotopic (exact) mass is 358 g/mol. The first-order valence-electron chi connectivity index (χ1n) is 8.59. The van der Waals surface area contributed by atoms with Crippen LogP contribution < -0.4 is 10.1 Å². The summed E-state index contributed by atoms with van der Waals surface area (Å²) in [6.45, 7) is 5.95. The summed E-state index contributed by atoms with van der Waals surface area (Å²) in [6.07, 6.45) is 3.34. The van der Waals surface area contributed by atoms with Crippen LogP contribution in [0.5, 0.6) is 5.75 Å². The van der Waals surface area contributed by atoms with E-state index >= 15 is 0 Å². The number of nitrogens with zero attached hydrogens (tertiary/aromatic N) is 3. The first-order chi connectivity index (χ1) is 12.4.